The summed E-state index contributed by atoms with van der Waals surface area (Å²) in [6.07, 6.45) is 1.15. The number of amides is 4. The number of hydrogen-bond donors (Lipinski definition) is 4. The van der Waals surface area contributed by atoms with Crippen molar-refractivity contribution in [2.75, 3.05) is 13.1 Å². The van der Waals surface area contributed by atoms with E-state index in [1.165, 1.54) is 11.0 Å². The second kappa shape index (κ2) is 12.0. The van der Waals surface area contributed by atoms with Gasteiger partial charge >= 0.3 is 12.1 Å². The van der Waals surface area contributed by atoms with Gasteiger partial charge in [-0.1, -0.05) is 40.7 Å². The van der Waals surface area contributed by atoms with Crippen molar-refractivity contribution in [2.45, 2.75) is 92.0 Å². The van der Waals surface area contributed by atoms with Crippen molar-refractivity contribution in [1.29, 1.82) is 0 Å². The van der Waals surface area contributed by atoms with Crippen molar-refractivity contribution < 1.29 is 38.6 Å². The van der Waals surface area contributed by atoms with Crippen molar-refractivity contribution in [1.82, 2.24) is 20.9 Å². The lowest BCUT2D eigenvalue weighted by molar-refractivity contribution is -0.145. The minimum atomic E-state index is -1.32. The molecule has 4 N–H and O–H groups in total. The molecule has 1 aliphatic carbocycles. The summed E-state index contributed by atoms with van der Waals surface area (Å²) in [5.74, 6) is -4.62. The van der Waals surface area contributed by atoms with Gasteiger partial charge in [0.15, 0.2) is 0 Å². The van der Waals surface area contributed by atoms with Gasteiger partial charge in [0.2, 0.25) is 17.6 Å². The van der Waals surface area contributed by atoms with Gasteiger partial charge in [0.25, 0.3) is 5.91 Å². The van der Waals surface area contributed by atoms with Crippen molar-refractivity contribution in [2.24, 2.45) is 22.7 Å². The number of nitrogens with one attached hydrogen (secondary N) is 3. The van der Waals surface area contributed by atoms with Crippen LogP contribution < -0.4 is 16.0 Å². The van der Waals surface area contributed by atoms with Crippen LogP contribution in [0.4, 0.5) is 4.79 Å². The quantitative estimate of drug-likeness (QED) is 0.217. The Bertz CT molecular complexity index is 1060. The van der Waals surface area contributed by atoms with Gasteiger partial charge in [-0.05, 0) is 56.3 Å². The van der Waals surface area contributed by atoms with E-state index < -0.39 is 71.3 Å². The number of aliphatic carboxylic acids is 1. The third-order valence-corrected chi connectivity index (χ3v) is 7.45. The average Bonchev–Trinajstić information content (AvgIpc) is 3.14. The first-order chi connectivity index (χ1) is 18.2. The molecule has 1 saturated carbocycles. The fraction of sp³-hybridized carbons (Fsp3) is 0.714. The molecule has 4 amide bonds. The van der Waals surface area contributed by atoms with Crippen LogP contribution in [-0.4, -0.2) is 82.4 Å². The molecule has 2 aliphatic rings. The fourth-order valence-corrected chi connectivity index (χ4v) is 5.26. The highest BCUT2D eigenvalue weighted by Crippen LogP contribution is 2.65. The summed E-state index contributed by atoms with van der Waals surface area (Å²) in [4.78, 5) is 77.6. The Hall–Kier alpha value is -3.44. The summed E-state index contributed by atoms with van der Waals surface area (Å²) in [6.45, 7) is 17.7. The molecule has 2 fully saturated rings. The highest BCUT2D eigenvalue weighted by Gasteiger charge is 2.70. The van der Waals surface area contributed by atoms with Crippen molar-refractivity contribution >= 4 is 35.6 Å². The molecule has 0 radical (unpaired) electrons. The van der Waals surface area contributed by atoms with Crippen molar-refractivity contribution in [3.63, 3.8) is 0 Å². The molecule has 0 aromatic heterocycles. The number of carboxylic acids is 1. The Balaban J connectivity index is 2.32. The summed E-state index contributed by atoms with van der Waals surface area (Å²) >= 11 is 0. The number of ether oxygens (including phenoxy) is 1. The molecule has 224 valence electrons. The van der Waals surface area contributed by atoms with Gasteiger partial charge in [-0.3, -0.25) is 24.0 Å². The zero-order chi connectivity index (χ0) is 30.8. The van der Waals surface area contributed by atoms with Crippen LogP contribution in [0.1, 0.15) is 68.2 Å². The lowest BCUT2D eigenvalue weighted by Gasteiger charge is -2.38. The van der Waals surface area contributed by atoms with E-state index in [0.29, 0.717) is 13.0 Å². The molecule has 5 atom stereocenters. The molecule has 1 aliphatic heterocycles. The summed E-state index contributed by atoms with van der Waals surface area (Å²) < 4.78 is 5.37. The number of nitrogens with zero attached hydrogens (tertiary/aromatic N) is 1. The molecule has 0 aromatic rings. The number of hydrogen-bond acceptors (Lipinski definition) is 7. The maximum atomic E-state index is 13.9. The Labute approximate surface area is 235 Å². The molecule has 0 spiro atoms. The number of ketones is 1. The second-order valence-electron chi connectivity index (χ2n) is 13.2. The zero-order valence-electron chi connectivity index (χ0n) is 24.8. The number of Topliss-reactive ketones (excluding diaryl/α,β-unsaturated/α-hetero) is 1. The summed E-state index contributed by atoms with van der Waals surface area (Å²) in [5.41, 5.74) is -1.73. The van der Waals surface area contributed by atoms with Crippen LogP contribution in [0.2, 0.25) is 0 Å². The number of rotatable bonds is 11. The molecule has 1 saturated heterocycles. The minimum absolute atomic E-state index is 0.0375. The van der Waals surface area contributed by atoms with E-state index in [0.717, 1.165) is 0 Å². The van der Waals surface area contributed by atoms with E-state index in [9.17, 15) is 28.8 Å². The van der Waals surface area contributed by atoms with Crippen molar-refractivity contribution in [3.05, 3.63) is 12.7 Å². The van der Waals surface area contributed by atoms with Gasteiger partial charge in [-0.25, -0.2) is 4.79 Å². The summed E-state index contributed by atoms with van der Waals surface area (Å²) in [6, 6.07) is -3.17. The molecule has 1 unspecified atom stereocenters. The largest absolute Gasteiger partial charge is 0.480 e. The van der Waals surface area contributed by atoms with Crippen LogP contribution in [0.5, 0.6) is 0 Å². The number of allylic oxidation sites excluding steroid dienone is 1. The average molecular weight is 565 g/mol. The Morgan fingerprint density at radius 1 is 1.07 bits per heavy atom. The standard InChI is InChI=1S/C28H44N4O8/c1-10-11-12-16(20(35)23(37)29-13-17(33)34)30-22(36)19-18-15(28(18,8)9)14-32(19)24(38)21(26(2,3)4)31-25(39)40-27(5,6)7/h10,15-16,18-19,21H,1,11-14H2,2-9H3,(H,29,37)(H,30,36)(H,31,39)(H,33,34)/t15-,16?,18-,19-,21-/m0/s1. The number of carbonyl (C=O) groups is 6. The van der Waals surface area contributed by atoms with E-state index >= 15 is 0 Å². The van der Waals surface area contributed by atoms with Gasteiger partial charge in [0.05, 0.1) is 6.04 Å². The van der Waals surface area contributed by atoms with Gasteiger partial charge in [0.1, 0.15) is 24.2 Å². The number of piperidine rings is 1. The van der Waals surface area contributed by atoms with E-state index in [2.05, 4.69) is 17.2 Å². The Kier molecular flexibility index (Phi) is 9.81. The first-order valence-electron chi connectivity index (χ1n) is 13.5. The van der Waals surface area contributed by atoms with E-state index in [4.69, 9.17) is 9.84 Å². The van der Waals surface area contributed by atoms with Crippen LogP contribution in [0, 0.1) is 22.7 Å². The maximum Gasteiger partial charge on any atom is 0.408 e. The van der Waals surface area contributed by atoms with E-state index in [1.54, 1.807) is 41.5 Å². The number of fused-ring (bicyclic) bond motifs is 1. The molecule has 12 nitrogen and oxygen atoms in total. The van der Waals surface area contributed by atoms with Gasteiger partial charge < -0.3 is 30.7 Å². The molecule has 2 rings (SSSR count). The Morgan fingerprint density at radius 3 is 2.17 bits per heavy atom. The smallest absolute Gasteiger partial charge is 0.408 e. The normalized spacial score (nSPS) is 22.7. The minimum Gasteiger partial charge on any atom is -0.480 e. The first kappa shape index (κ1) is 32.8. The first-order valence-corrected chi connectivity index (χ1v) is 13.5. The predicted molar refractivity (Wildman–Crippen MR) is 146 cm³/mol. The molecule has 0 aromatic carbocycles. The van der Waals surface area contributed by atoms with E-state index in [1.807, 2.05) is 19.2 Å². The number of carboxylic acid groups (broad SMARTS) is 1. The number of alkyl carbamates (subject to hydrolysis) is 1. The highest BCUT2D eigenvalue weighted by molar-refractivity contribution is 6.38. The predicted octanol–water partition coefficient (Wildman–Crippen LogP) is 1.63. The third kappa shape index (κ3) is 7.82. The van der Waals surface area contributed by atoms with Gasteiger partial charge in [0, 0.05) is 6.54 Å². The van der Waals surface area contributed by atoms with E-state index in [-0.39, 0.29) is 23.7 Å². The number of likely N-dealkylation sites (tertiary alicyclic amines) is 1. The van der Waals surface area contributed by atoms with Crippen molar-refractivity contribution in [3.8, 4) is 0 Å². The monoisotopic (exact) mass is 564 g/mol. The fourth-order valence-electron chi connectivity index (χ4n) is 5.26. The van der Waals surface area contributed by atoms with Crippen LogP contribution in [-0.2, 0) is 28.7 Å². The van der Waals surface area contributed by atoms with Crippen LogP contribution in [0.3, 0.4) is 0 Å². The summed E-state index contributed by atoms with van der Waals surface area (Å²) in [5, 5.41) is 16.1. The van der Waals surface area contributed by atoms with Gasteiger partial charge in [-0.2, -0.15) is 0 Å². The summed E-state index contributed by atoms with van der Waals surface area (Å²) in [7, 11) is 0. The SMILES string of the molecule is C=CCCC(NC(=O)[C@@H]1[C@@H]2[C@H](CN1C(=O)[C@H](NC(=O)OC(C)(C)C)C(C)(C)C)C2(C)C)C(=O)C(=O)NCC(=O)O. The lowest BCUT2D eigenvalue weighted by Crippen LogP contribution is -2.60. The van der Waals surface area contributed by atoms with Crippen LogP contribution >= 0.6 is 0 Å². The lowest BCUT2D eigenvalue weighted by atomic mass is 9.85. The number of carbonyl (C=O) groups excluding carboxylic acids is 5. The molecular formula is C28H44N4O8. The van der Waals surface area contributed by atoms with Crippen LogP contribution in [0.15, 0.2) is 12.7 Å². The molecule has 1 heterocycles. The zero-order valence-corrected chi connectivity index (χ0v) is 24.8. The van der Waals surface area contributed by atoms with Gasteiger partial charge in [-0.15, -0.1) is 6.58 Å². The van der Waals surface area contributed by atoms with Crippen LogP contribution in [0.25, 0.3) is 0 Å². The molecule has 0 bridgehead atoms. The molecule has 40 heavy (non-hydrogen) atoms. The third-order valence-electron chi connectivity index (χ3n) is 7.45. The topological polar surface area (TPSA) is 171 Å². The Morgan fingerprint density at radius 2 is 1.68 bits per heavy atom. The molecule has 12 heteroatoms. The molecular weight excluding hydrogens is 520 g/mol. The maximum absolute atomic E-state index is 13.9. The highest BCUT2D eigenvalue weighted by atomic mass is 16.6. The second-order valence-corrected chi connectivity index (χ2v) is 13.2.